The number of hydrogen-bond donors (Lipinski definition) is 2. The molecule has 0 aliphatic heterocycles. The molecular weight excluding hydrogens is 232 g/mol. The summed E-state index contributed by atoms with van der Waals surface area (Å²) in [7, 11) is 1.91. The summed E-state index contributed by atoms with van der Waals surface area (Å²) in [6, 6.07) is -0.157. The topological polar surface area (TPSA) is 82.2 Å². The molecule has 6 nitrogen and oxygen atoms in total. The minimum atomic E-state index is -0.504. The number of carbonyl (C=O) groups is 1. The summed E-state index contributed by atoms with van der Waals surface area (Å²) in [6.07, 6.45) is 3.67. The van der Waals surface area contributed by atoms with Crippen molar-refractivity contribution < 1.29 is 9.53 Å². The molecule has 0 saturated heterocycles. The Morgan fingerprint density at radius 3 is 2.72 bits per heavy atom. The third-order valence-corrected chi connectivity index (χ3v) is 2.38. The van der Waals surface area contributed by atoms with Gasteiger partial charge in [0.05, 0.1) is 6.33 Å². The van der Waals surface area contributed by atoms with Gasteiger partial charge in [0.2, 0.25) is 0 Å². The van der Waals surface area contributed by atoms with Gasteiger partial charge in [-0.05, 0) is 20.8 Å². The zero-order chi connectivity index (χ0) is 13.8. The lowest BCUT2D eigenvalue weighted by Gasteiger charge is -2.23. The summed E-state index contributed by atoms with van der Waals surface area (Å²) in [5.74, 6) is 0. The Labute approximate surface area is 108 Å². The van der Waals surface area contributed by atoms with Crippen LogP contribution in [0, 0.1) is 0 Å². The van der Waals surface area contributed by atoms with E-state index in [1.165, 1.54) is 0 Å². The standard InChI is InChI=1S/C12H22N4O2/c1-12(2,3)18-11(17)15-9(6-13)5-10-7-14-8-16(10)4/h7-9H,5-6,13H2,1-4H3,(H,15,17). The minimum absolute atomic E-state index is 0.157. The van der Waals surface area contributed by atoms with Crippen LogP contribution in [0.25, 0.3) is 0 Å². The van der Waals surface area contributed by atoms with Crippen molar-refractivity contribution in [3.63, 3.8) is 0 Å². The summed E-state index contributed by atoms with van der Waals surface area (Å²) in [6.45, 7) is 5.83. The largest absolute Gasteiger partial charge is 0.444 e. The van der Waals surface area contributed by atoms with Gasteiger partial charge in [-0.3, -0.25) is 0 Å². The first kappa shape index (κ1) is 14.5. The average molecular weight is 254 g/mol. The van der Waals surface area contributed by atoms with E-state index in [2.05, 4.69) is 10.3 Å². The average Bonchev–Trinajstić information content (AvgIpc) is 2.60. The second-order valence-corrected chi connectivity index (χ2v) is 5.28. The number of nitrogens with two attached hydrogens (primary N) is 1. The van der Waals surface area contributed by atoms with Crippen LogP contribution in [0.2, 0.25) is 0 Å². The van der Waals surface area contributed by atoms with Gasteiger partial charge >= 0.3 is 6.09 Å². The molecule has 0 bridgehead atoms. The third-order valence-electron chi connectivity index (χ3n) is 2.38. The Hall–Kier alpha value is -1.56. The second-order valence-electron chi connectivity index (χ2n) is 5.28. The van der Waals surface area contributed by atoms with Crippen LogP contribution in [0.1, 0.15) is 26.5 Å². The van der Waals surface area contributed by atoms with Gasteiger partial charge in [-0.2, -0.15) is 0 Å². The van der Waals surface area contributed by atoms with Crippen LogP contribution in [-0.2, 0) is 18.2 Å². The van der Waals surface area contributed by atoms with Crippen LogP contribution >= 0.6 is 0 Å². The quantitative estimate of drug-likeness (QED) is 0.833. The van der Waals surface area contributed by atoms with E-state index in [4.69, 9.17) is 10.5 Å². The van der Waals surface area contributed by atoms with E-state index in [9.17, 15) is 4.79 Å². The van der Waals surface area contributed by atoms with E-state index in [1.807, 2.05) is 32.4 Å². The number of aryl methyl sites for hydroxylation is 1. The van der Waals surface area contributed by atoms with Crippen molar-refractivity contribution in [2.45, 2.75) is 38.8 Å². The van der Waals surface area contributed by atoms with E-state index >= 15 is 0 Å². The third kappa shape index (κ3) is 4.75. The van der Waals surface area contributed by atoms with Crippen LogP contribution < -0.4 is 11.1 Å². The number of carbonyl (C=O) groups excluding carboxylic acids is 1. The molecule has 3 N–H and O–H groups in total. The van der Waals surface area contributed by atoms with E-state index in [0.29, 0.717) is 13.0 Å². The van der Waals surface area contributed by atoms with Gasteiger partial charge in [0.1, 0.15) is 5.60 Å². The Morgan fingerprint density at radius 2 is 2.28 bits per heavy atom. The zero-order valence-electron chi connectivity index (χ0n) is 11.4. The molecule has 0 fully saturated rings. The fraction of sp³-hybridized carbons (Fsp3) is 0.667. The molecule has 1 amide bonds. The molecule has 1 atom stereocenters. The number of ether oxygens (including phenoxy) is 1. The first-order valence-corrected chi connectivity index (χ1v) is 5.96. The van der Waals surface area contributed by atoms with Crippen molar-refractivity contribution in [1.29, 1.82) is 0 Å². The molecule has 0 spiro atoms. The number of nitrogens with zero attached hydrogens (tertiary/aromatic N) is 2. The molecule has 102 valence electrons. The van der Waals surface area contributed by atoms with Gasteiger partial charge in [0.25, 0.3) is 0 Å². The molecule has 1 rings (SSSR count). The van der Waals surface area contributed by atoms with Gasteiger partial charge in [0.15, 0.2) is 0 Å². The highest BCUT2D eigenvalue weighted by molar-refractivity contribution is 5.68. The lowest BCUT2D eigenvalue weighted by atomic mass is 10.1. The van der Waals surface area contributed by atoms with Crippen molar-refractivity contribution in [2.75, 3.05) is 6.54 Å². The number of nitrogens with one attached hydrogen (secondary N) is 1. The normalized spacial score (nSPS) is 13.2. The fourth-order valence-electron chi connectivity index (χ4n) is 1.50. The Kier molecular flexibility index (Phi) is 4.72. The monoisotopic (exact) mass is 254 g/mol. The number of aromatic nitrogens is 2. The summed E-state index contributed by atoms with van der Waals surface area (Å²) in [5.41, 5.74) is 6.16. The van der Waals surface area contributed by atoms with E-state index in [-0.39, 0.29) is 6.04 Å². The van der Waals surface area contributed by atoms with Crippen molar-refractivity contribution in [2.24, 2.45) is 12.8 Å². The molecule has 1 aromatic heterocycles. The highest BCUT2D eigenvalue weighted by Gasteiger charge is 2.19. The van der Waals surface area contributed by atoms with Crippen molar-refractivity contribution >= 4 is 6.09 Å². The minimum Gasteiger partial charge on any atom is -0.444 e. The van der Waals surface area contributed by atoms with Gasteiger partial charge < -0.3 is 20.4 Å². The molecule has 1 aromatic rings. The van der Waals surface area contributed by atoms with Crippen molar-refractivity contribution in [3.05, 3.63) is 18.2 Å². The molecule has 1 heterocycles. The van der Waals surface area contributed by atoms with Crippen LogP contribution in [0.4, 0.5) is 4.79 Å². The fourth-order valence-corrected chi connectivity index (χ4v) is 1.50. The van der Waals surface area contributed by atoms with Gasteiger partial charge in [-0.25, -0.2) is 9.78 Å². The van der Waals surface area contributed by atoms with E-state index in [0.717, 1.165) is 5.69 Å². The van der Waals surface area contributed by atoms with E-state index < -0.39 is 11.7 Å². The van der Waals surface area contributed by atoms with Crippen LogP contribution in [-0.4, -0.2) is 33.8 Å². The number of hydrogen-bond acceptors (Lipinski definition) is 4. The predicted octanol–water partition coefficient (Wildman–Crippen LogP) is 0.815. The summed E-state index contributed by atoms with van der Waals surface area (Å²) in [4.78, 5) is 15.7. The Bertz CT molecular complexity index is 395. The molecule has 0 aliphatic carbocycles. The molecule has 0 aromatic carbocycles. The molecule has 0 aliphatic rings. The number of imidazole rings is 1. The van der Waals surface area contributed by atoms with Gasteiger partial charge in [0, 0.05) is 37.9 Å². The highest BCUT2D eigenvalue weighted by atomic mass is 16.6. The second kappa shape index (κ2) is 5.86. The molecule has 18 heavy (non-hydrogen) atoms. The maximum absolute atomic E-state index is 11.6. The van der Waals surface area contributed by atoms with Crippen molar-refractivity contribution in [1.82, 2.24) is 14.9 Å². The molecule has 6 heteroatoms. The van der Waals surface area contributed by atoms with Crippen molar-refractivity contribution in [3.8, 4) is 0 Å². The van der Waals surface area contributed by atoms with Gasteiger partial charge in [-0.15, -0.1) is 0 Å². The lowest BCUT2D eigenvalue weighted by molar-refractivity contribution is 0.0505. The number of rotatable bonds is 4. The Balaban J connectivity index is 2.52. The summed E-state index contributed by atoms with van der Waals surface area (Å²) in [5, 5.41) is 2.76. The predicted molar refractivity (Wildman–Crippen MR) is 69.1 cm³/mol. The first-order chi connectivity index (χ1) is 8.31. The summed E-state index contributed by atoms with van der Waals surface area (Å²) < 4.78 is 7.09. The van der Waals surface area contributed by atoms with E-state index in [1.54, 1.807) is 12.5 Å². The number of amides is 1. The SMILES string of the molecule is Cn1cncc1CC(CN)NC(=O)OC(C)(C)C. The maximum atomic E-state index is 11.6. The Morgan fingerprint density at radius 1 is 1.61 bits per heavy atom. The molecular formula is C12H22N4O2. The molecule has 0 saturated carbocycles. The van der Waals surface area contributed by atoms with Crippen LogP contribution in [0.15, 0.2) is 12.5 Å². The maximum Gasteiger partial charge on any atom is 0.407 e. The highest BCUT2D eigenvalue weighted by Crippen LogP contribution is 2.07. The zero-order valence-corrected chi connectivity index (χ0v) is 11.4. The first-order valence-electron chi connectivity index (χ1n) is 5.96. The molecule has 1 unspecified atom stereocenters. The van der Waals surface area contributed by atoms with Crippen LogP contribution in [0.3, 0.4) is 0 Å². The smallest absolute Gasteiger partial charge is 0.407 e. The lowest BCUT2D eigenvalue weighted by Crippen LogP contribution is -2.44. The molecule has 0 radical (unpaired) electrons. The van der Waals surface area contributed by atoms with Gasteiger partial charge in [-0.1, -0.05) is 0 Å². The van der Waals surface area contributed by atoms with Crippen LogP contribution in [0.5, 0.6) is 0 Å². The summed E-state index contributed by atoms with van der Waals surface area (Å²) >= 11 is 0. The number of alkyl carbamates (subject to hydrolysis) is 1.